The molecular weight excluding hydrogens is 333 g/mol. The lowest BCUT2D eigenvalue weighted by Crippen LogP contribution is -2.34. The molecule has 0 aliphatic carbocycles. The van der Waals surface area contributed by atoms with Crippen molar-refractivity contribution in [3.8, 4) is 0 Å². The smallest absolute Gasteiger partial charge is 0.343 e. The standard InChI is InChI=1S/C14H19F3N2O3S/c1-4-19(5-2)23(21,22)12-8-11(7-6-10(12)3)13(20)18-9-14(15,16)17/h6-8H,4-5,9H2,1-3H3,(H,18,20). The third-order valence-corrected chi connectivity index (χ3v) is 5.41. The number of aryl methyl sites for hydroxylation is 1. The van der Waals surface area contributed by atoms with Gasteiger partial charge in [0.15, 0.2) is 0 Å². The van der Waals surface area contributed by atoms with E-state index in [0.29, 0.717) is 5.56 Å². The fraction of sp³-hybridized carbons (Fsp3) is 0.500. The van der Waals surface area contributed by atoms with E-state index < -0.39 is 28.7 Å². The Morgan fingerprint density at radius 1 is 1.22 bits per heavy atom. The lowest BCUT2D eigenvalue weighted by molar-refractivity contribution is -0.123. The number of sulfonamides is 1. The van der Waals surface area contributed by atoms with E-state index in [0.717, 1.165) is 6.07 Å². The van der Waals surface area contributed by atoms with Crippen LogP contribution in [0.4, 0.5) is 13.2 Å². The Hall–Kier alpha value is -1.61. The van der Waals surface area contributed by atoms with Gasteiger partial charge in [-0.15, -0.1) is 0 Å². The highest BCUT2D eigenvalue weighted by Gasteiger charge is 2.29. The Bertz CT molecular complexity index is 668. The second kappa shape index (κ2) is 7.31. The lowest BCUT2D eigenvalue weighted by Gasteiger charge is -2.20. The molecule has 0 aliphatic heterocycles. The predicted octanol–water partition coefficient (Wildman–Crippen LogP) is 2.32. The lowest BCUT2D eigenvalue weighted by atomic mass is 10.1. The number of nitrogens with one attached hydrogen (secondary N) is 1. The summed E-state index contributed by atoms with van der Waals surface area (Å²) in [7, 11) is -3.80. The molecular formula is C14H19F3N2O3S. The maximum atomic E-state index is 12.5. The van der Waals surface area contributed by atoms with Gasteiger partial charge >= 0.3 is 6.18 Å². The van der Waals surface area contributed by atoms with Crippen LogP contribution in [0.3, 0.4) is 0 Å². The number of amides is 1. The molecule has 0 bridgehead atoms. The van der Waals surface area contributed by atoms with E-state index in [1.807, 2.05) is 0 Å². The van der Waals surface area contributed by atoms with E-state index in [1.165, 1.54) is 16.4 Å². The SMILES string of the molecule is CCN(CC)S(=O)(=O)c1cc(C(=O)NCC(F)(F)F)ccc1C. The van der Waals surface area contributed by atoms with E-state index >= 15 is 0 Å². The zero-order valence-corrected chi connectivity index (χ0v) is 13.9. The number of carbonyl (C=O) groups is 1. The van der Waals surface area contributed by atoms with Crippen molar-refractivity contribution < 1.29 is 26.4 Å². The molecule has 23 heavy (non-hydrogen) atoms. The van der Waals surface area contributed by atoms with Crippen LogP contribution in [0, 0.1) is 6.92 Å². The Morgan fingerprint density at radius 3 is 2.26 bits per heavy atom. The zero-order valence-electron chi connectivity index (χ0n) is 13.1. The van der Waals surface area contributed by atoms with Crippen molar-refractivity contribution in [2.24, 2.45) is 0 Å². The van der Waals surface area contributed by atoms with Crippen LogP contribution in [0.15, 0.2) is 23.1 Å². The highest BCUT2D eigenvalue weighted by Crippen LogP contribution is 2.21. The molecule has 1 rings (SSSR count). The van der Waals surface area contributed by atoms with Gasteiger partial charge in [0.05, 0.1) is 4.90 Å². The number of rotatable bonds is 6. The fourth-order valence-electron chi connectivity index (χ4n) is 2.00. The summed E-state index contributed by atoms with van der Waals surface area (Å²) in [6.07, 6.45) is -4.53. The molecule has 5 nitrogen and oxygen atoms in total. The molecule has 130 valence electrons. The summed E-state index contributed by atoms with van der Waals surface area (Å²) >= 11 is 0. The molecule has 0 saturated carbocycles. The van der Waals surface area contributed by atoms with Gasteiger partial charge in [-0.05, 0) is 24.6 Å². The summed E-state index contributed by atoms with van der Waals surface area (Å²) in [4.78, 5) is 11.7. The minimum Gasteiger partial charge on any atom is -0.343 e. The topological polar surface area (TPSA) is 66.5 Å². The number of alkyl halides is 3. The monoisotopic (exact) mass is 352 g/mol. The Labute approximate surface area is 133 Å². The number of hydrogen-bond acceptors (Lipinski definition) is 3. The van der Waals surface area contributed by atoms with Crippen LogP contribution < -0.4 is 5.32 Å². The molecule has 1 N–H and O–H groups in total. The largest absolute Gasteiger partial charge is 0.405 e. The van der Waals surface area contributed by atoms with Crippen LogP contribution in [0.1, 0.15) is 29.8 Å². The molecule has 0 spiro atoms. The van der Waals surface area contributed by atoms with Crippen molar-refractivity contribution in [3.05, 3.63) is 29.3 Å². The van der Waals surface area contributed by atoms with Gasteiger partial charge in [0.2, 0.25) is 10.0 Å². The molecule has 0 radical (unpaired) electrons. The van der Waals surface area contributed by atoms with Crippen LogP contribution in [0.25, 0.3) is 0 Å². The van der Waals surface area contributed by atoms with Crippen LogP contribution in [-0.4, -0.2) is 44.4 Å². The number of nitrogens with zero attached hydrogens (tertiary/aromatic N) is 1. The molecule has 0 aromatic heterocycles. The van der Waals surface area contributed by atoms with Crippen LogP contribution >= 0.6 is 0 Å². The molecule has 0 atom stereocenters. The quantitative estimate of drug-likeness (QED) is 0.854. The molecule has 9 heteroatoms. The first-order valence-electron chi connectivity index (χ1n) is 6.98. The molecule has 0 heterocycles. The van der Waals surface area contributed by atoms with Gasteiger partial charge in [-0.1, -0.05) is 19.9 Å². The maximum Gasteiger partial charge on any atom is 0.405 e. The normalized spacial score (nSPS) is 12.5. The molecule has 1 aromatic carbocycles. The van der Waals surface area contributed by atoms with Crippen molar-refractivity contribution in [1.82, 2.24) is 9.62 Å². The van der Waals surface area contributed by atoms with Crippen molar-refractivity contribution >= 4 is 15.9 Å². The van der Waals surface area contributed by atoms with Crippen LogP contribution in [0.2, 0.25) is 0 Å². The second-order valence-corrected chi connectivity index (χ2v) is 6.77. The highest BCUT2D eigenvalue weighted by molar-refractivity contribution is 7.89. The summed E-state index contributed by atoms with van der Waals surface area (Å²) in [5, 5.41) is 1.72. The first kappa shape index (κ1) is 19.4. The van der Waals surface area contributed by atoms with Gasteiger partial charge in [-0.3, -0.25) is 4.79 Å². The first-order chi connectivity index (χ1) is 10.5. The molecule has 0 fully saturated rings. The third kappa shape index (κ3) is 4.93. The molecule has 0 saturated heterocycles. The summed E-state index contributed by atoms with van der Waals surface area (Å²) in [5.41, 5.74) is 0.287. The number of carbonyl (C=O) groups excluding carboxylic acids is 1. The van der Waals surface area contributed by atoms with Gasteiger partial charge in [0.25, 0.3) is 5.91 Å². The first-order valence-corrected chi connectivity index (χ1v) is 8.42. The summed E-state index contributed by atoms with van der Waals surface area (Å²) in [6.45, 7) is 3.95. The number of benzene rings is 1. The van der Waals surface area contributed by atoms with E-state index in [1.54, 1.807) is 26.1 Å². The Kier molecular flexibility index (Phi) is 6.18. The average molecular weight is 352 g/mol. The van der Waals surface area contributed by atoms with Crippen molar-refractivity contribution in [3.63, 3.8) is 0 Å². The van der Waals surface area contributed by atoms with E-state index in [9.17, 15) is 26.4 Å². The van der Waals surface area contributed by atoms with E-state index in [4.69, 9.17) is 0 Å². The summed E-state index contributed by atoms with van der Waals surface area (Å²) in [6, 6.07) is 3.80. The van der Waals surface area contributed by atoms with Crippen molar-refractivity contribution in [2.75, 3.05) is 19.6 Å². The fourth-order valence-corrected chi connectivity index (χ4v) is 3.71. The average Bonchev–Trinajstić information content (AvgIpc) is 2.45. The predicted molar refractivity (Wildman–Crippen MR) is 79.7 cm³/mol. The van der Waals surface area contributed by atoms with E-state index in [-0.39, 0.29) is 23.5 Å². The van der Waals surface area contributed by atoms with Crippen molar-refractivity contribution in [1.29, 1.82) is 0 Å². The van der Waals surface area contributed by atoms with Gasteiger partial charge in [-0.25, -0.2) is 8.42 Å². The number of hydrogen-bond donors (Lipinski definition) is 1. The van der Waals surface area contributed by atoms with Gasteiger partial charge in [0, 0.05) is 18.7 Å². The van der Waals surface area contributed by atoms with Crippen molar-refractivity contribution in [2.45, 2.75) is 31.8 Å². The summed E-state index contributed by atoms with van der Waals surface area (Å²) in [5.74, 6) is -0.974. The third-order valence-electron chi connectivity index (χ3n) is 3.22. The molecule has 1 aromatic rings. The zero-order chi connectivity index (χ0) is 17.8. The molecule has 1 amide bonds. The summed E-state index contributed by atoms with van der Waals surface area (Å²) < 4.78 is 62.7. The second-order valence-electron chi connectivity index (χ2n) is 4.87. The van der Waals surface area contributed by atoms with Crippen LogP contribution in [-0.2, 0) is 10.0 Å². The minimum atomic E-state index is -4.53. The number of halogens is 3. The molecule has 0 unspecified atom stereocenters. The maximum absolute atomic E-state index is 12.5. The minimum absolute atomic E-state index is 0.0825. The van der Waals surface area contributed by atoms with Gasteiger partial charge < -0.3 is 5.32 Å². The van der Waals surface area contributed by atoms with Gasteiger partial charge in [0.1, 0.15) is 6.54 Å². The molecule has 0 aliphatic rings. The Morgan fingerprint density at radius 2 is 1.78 bits per heavy atom. The van der Waals surface area contributed by atoms with Crippen LogP contribution in [0.5, 0.6) is 0 Å². The van der Waals surface area contributed by atoms with Gasteiger partial charge in [-0.2, -0.15) is 17.5 Å². The van der Waals surface area contributed by atoms with E-state index in [2.05, 4.69) is 0 Å². The Balaban J connectivity index is 3.16. The highest BCUT2D eigenvalue weighted by atomic mass is 32.2.